The van der Waals surface area contributed by atoms with Crippen LogP contribution in [0.25, 0.3) is 11.3 Å². The first-order chi connectivity index (χ1) is 17.3. The minimum atomic E-state index is -3.60. The summed E-state index contributed by atoms with van der Waals surface area (Å²) < 4.78 is 28.7. The van der Waals surface area contributed by atoms with E-state index in [4.69, 9.17) is 4.98 Å². The van der Waals surface area contributed by atoms with Crippen LogP contribution in [0.15, 0.2) is 59.6 Å². The van der Waals surface area contributed by atoms with Gasteiger partial charge in [0.05, 0.1) is 22.7 Å². The molecule has 9 heteroatoms. The monoisotopic (exact) mass is 505 g/mol. The molecule has 3 aromatic rings. The first-order valence-electron chi connectivity index (χ1n) is 12.4. The van der Waals surface area contributed by atoms with E-state index in [1.807, 2.05) is 31.2 Å². The summed E-state index contributed by atoms with van der Waals surface area (Å²) in [5, 5.41) is 3.16. The normalized spacial score (nSPS) is 17.2. The van der Waals surface area contributed by atoms with Gasteiger partial charge in [-0.15, -0.1) is 0 Å². The number of aromatic nitrogens is 2. The molecule has 1 aliphatic heterocycles. The molecule has 1 atom stereocenters. The number of amides is 1. The number of anilines is 3. The van der Waals surface area contributed by atoms with Crippen molar-refractivity contribution in [1.29, 1.82) is 0 Å². The number of hydrogen-bond acceptors (Lipinski definition) is 6. The van der Waals surface area contributed by atoms with Crippen molar-refractivity contribution >= 4 is 33.3 Å². The molecule has 2 aliphatic rings. The molecule has 0 spiro atoms. The molecule has 0 radical (unpaired) electrons. The van der Waals surface area contributed by atoms with Crippen LogP contribution in [0.3, 0.4) is 0 Å². The van der Waals surface area contributed by atoms with E-state index in [0.717, 1.165) is 29.7 Å². The summed E-state index contributed by atoms with van der Waals surface area (Å²) in [7, 11) is -1.84. The topological polar surface area (TPSA) is 104 Å². The Labute approximate surface area is 212 Å². The van der Waals surface area contributed by atoms with Crippen LogP contribution in [0, 0.1) is 5.92 Å². The molecule has 1 amide bonds. The smallest absolute Gasteiger partial charge is 0.240 e. The fourth-order valence-electron chi connectivity index (χ4n) is 5.10. The minimum absolute atomic E-state index is 0.0197. The van der Waals surface area contributed by atoms with Gasteiger partial charge in [-0.2, -0.15) is 0 Å². The molecule has 1 fully saturated rings. The van der Waals surface area contributed by atoms with Gasteiger partial charge in [-0.1, -0.05) is 37.5 Å². The fourth-order valence-corrected chi connectivity index (χ4v) is 6.41. The van der Waals surface area contributed by atoms with Gasteiger partial charge in [-0.3, -0.25) is 4.79 Å². The van der Waals surface area contributed by atoms with Crippen molar-refractivity contribution in [2.45, 2.75) is 56.4 Å². The van der Waals surface area contributed by atoms with Crippen molar-refractivity contribution < 1.29 is 13.2 Å². The van der Waals surface area contributed by atoms with Gasteiger partial charge in [0.25, 0.3) is 0 Å². The van der Waals surface area contributed by atoms with Gasteiger partial charge in [-0.25, -0.2) is 23.1 Å². The molecule has 2 heterocycles. The molecule has 1 aliphatic carbocycles. The number of carbonyl (C=O) groups is 1. The summed E-state index contributed by atoms with van der Waals surface area (Å²) >= 11 is 0. The molecular formula is C27H31N5O3S. The van der Waals surface area contributed by atoms with E-state index in [-0.39, 0.29) is 23.3 Å². The zero-order valence-electron chi connectivity index (χ0n) is 20.6. The van der Waals surface area contributed by atoms with E-state index >= 15 is 0 Å². The molecule has 2 aromatic carbocycles. The van der Waals surface area contributed by atoms with Gasteiger partial charge >= 0.3 is 0 Å². The highest BCUT2D eigenvalue weighted by Gasteiger charge is 2.26. The first-order valence-corrected chi connectivity index (χ1v) is 13.9. The highest BCUT2D eigenvalue weighted by Crippen LogP contribution is 2.35. The maximum atomic E-state index is 12.9. The van der Waals surface area contributed by atoms with Gasteiger partial charge in [0.2, 0.25) is 21.9 Å². The zero-order valence-corrected chi connectivity index (χ0v) is 21.4. The Morgan fingerprint density at radius 1 is 1.03 bits per heavy atom. The molecule has 36 heavy (non-hydrogen) atoms. The third-order valence-electron chi connectivity index (χ3n) is 7.22. The SMILES string of the molecule is C[C@@H](NS(=O)(=O)c1ccc(Nc2ncc3c(n2)-c2ccccc2N(C)C(=O)C3)cc1)C1CCCCC1. The molecule has 0 saturated heterocycles. The number of benzene rings is 2. The number of fused-ring (bicyclic) bond motifs is 3. The highest BCUT2D eigenvalue weighted by molar-refractivity contribution is 7.89. The van der Waals surface area contributed by atoms with E-state index in [9.17, 15) is 13.2 Å². The van der Waals surface area contributed by atoms with Crippen molar-refractivity contribution in [3.8, 4) is 11.3 Å². The Kier molecular flexibility index (Phi) is 6.77. The summed E-state index contributed by atoms with van der Waals surface area (Å²) in [5.74, 6) is 0.744. The van der Waals surface area contributed by atoms with Crippen LogP contribution < -0.4 is 14.9 Å². The number of sulfonamides is 1. The molecule has 1 saturated carbocycles. The molecule has 5 rings (SSSR count). The second-order valence-electron chi connectivity index (χ2n) is 9.67. The van der Waals surface area contributed by atoms with Crippen molar-refractivity contribution in [3.05, 3.63) is 60.3 Å². The van der Waals surface area contributed by atoms with Gasteiger partial charge in [0.15, 0.2) is 0 Å². The van der Waals surface area contributed by atoms with Gasteiger partial charge < -0.3 is 10.2 Å². The van der Waals surface area contributed by atoms with Crippen LogP contribution in [0.2, 0.25) is 0 Å². The highest BCUT2D eigenvalue weighted by atomic mass is 32.2. The Morgan fingerprint density at radius 2 is 1.75 bits per heavy atom. The molecule has 0 bridgehead atoms. The quantitative estimate of drug-likeness (QED) is 0.505. The summed E-state index contributed by atoms with van der Waals surface area (Å²) in [6.07, 6.45) is 7.61. The van der Waals surface area contributed by atoms with Crippen LogP contribution in [-0.2, 0) is 21.2 Å². The second kappa shape index (κ2) is 9.99. The van der Waals surface area contributed by atoms with Crippen molar-refractivity contribution in [1.82, 2.24) is 14.7 Å². The number of likely N-dealkylation sites (N-methyl/N-ethyl adjacent to an activating group) is 1. The van der Waals surface area contributed by atoms with E-state index in [0.29, 0.717) is 23.2 Å². The molecule has 2 N–H and O–H groups in total. The average Bonchev–Trinajstić information content (AvgIpc) is 2.99. The largest absolute Gasteiger partial charge is 0.324 e. The number of nitrogens with one attached hydrogen (secondary N) is 2. The lowest BCUT2D eigenvalue weighted by Crippen LogP contribution is -2.38. The second-order valence-corrected chi connectivity index (χ2v) is 11.4. The number of carbonyl (C=O) groups excluding carboxylic acids is 1. The third-order valence-corrected chi connectivity index (χ3v) is 8.79. The minimum Gasteiger partial charge on any atom is -0.324 e. The maximum absolute atomic E-state index is 12.9. The predicted molar refractivity (Wildman–Crippen MR) is 141 cm³/mol. The van der Waals surface area contributed by atoms with E-state index in [1.54, 1.807) is 42.4 Å². The molecule has 0 unspecified atom stereocenters. The van der Waals surface area contributed by atoms with E-state index in [1.165, 1.54) is 19.3 Å². The van der Waals surface area contributed by atoms with Gasteiger partial charge in [-0.05, 0) is 56.0 Å². The van der Waals surface area contributed by atoms with Crippen LogP contribution in [-0.4, -0.2) is 37.4 Å². The molecule has 188 valence electrons. The number of hydrogen-bond donors (Lipinski definition) is 2. The Hall–Kier alpha value is -3.30. The van der Waals surface area contributed by atoms with E-state index in [2.05, 4.69) is 15.0 Å². The van der Waals surface area contributed by atoms with Crippen LogP contribution in [0.5, 0.6) is 0 Å². The van der Waals surface area contributed by atoms with Crippen molar-refractivity contribution in [2.75, 3.05) is 17.3 Å². The number of rotatable bonds is 6. The van der Waals surface area contributed by atoms with Crippen molar-refractivity contribution in [2.24, 2.45) is 5.92 Å². The lowest BCUT2D eigenvalue weighted by molar-refractivity contribution is -0.117. The summed E-state index contributed by atoms with van der Waals surface area (Å²) in [6.45, 7) is 1.96. The number of nitrogens with zero attached hydrogens (tertiary/aromatic N) is 3. The maximum Gasteiger partial charge on any atom is 0.240 e. The van der Waals surface area contributed by atoms with Crippen molar-refractivity contribution in [3.63, 3.8) is 0 Å². The Morgan fingerprint density at radius 3 is 2.50 bits per heavy atom. The molecule has 8 nitrogen and oxygen atoms in total. The standard InChI is InChI=1S/C27H31N5O3S/c1-18(19-8-4-3-5-9-19)31-36(34,35)22-14-12-21(13-15-22)29-27-28-17-20-16-25(33)32(2)24-11-7-6-10-23(24)26(20)30-27/h6-7,10-15,17-19,31H,3-5,8-9,16H2,1-2H3,(H,28,29,30)/t18-/m1/s1. The van der Waals surface area contributed by atoms with Crippen LogP contribution >= 0.6 is 0 Å². The zero-order chi connectivity index (χ0) is 25.3. The molecular weight excluding hydrogens is 474 g/mol. The number of para-hydroxylation sites is 1. The summed E-state index contributed by atoms with van der Waals surface area (Å²) in [5.41, 5.74) is 3.81. The van der Waals surface area contributed by atoms with Gasteiger partial charge in [0, 0.05) is 36.1 Å². The van der Waals surface area contributed by atoms with Crippen LogP contribution in [0.4, 0.5) is 17.3 Å². The lowest BCUT2D eigenvalue weighted by atomic mass is 9.85. The average molecular weight is 506 g/mol. The fraction of sp³-hybridized carbons (Fsp3) is 0.370. The molecule has 1 aromatic heterocycles. The summed E-state index contributed by atoms with van der Waals surface area (Å²) in [4.78, 5) is 23.6. The first kappa shape index (κ1) is 24.4. The third kappa shape index (κ3) is 4.99. The summed E-state index contributed by atoms with van der Waals surface area (Å²) in [6, 6.07) is 14.2. The van der Waals surface area contributed by atoms with Gasteiger partial charge in [0.1, 0.15) is 0 Å². The van der Waals surface area contributed by atoms with Crippen LogP contribution in [0.1, 0.15) is 44.6 Å². The Balaban J connectivity index is 1.34. The van der Waals surface area contributed by atoms with E-state index < -0.39 is 10.0 Å². The lowest BCUT2D eigenvalue weighted by Gasteiger charge is -2.28. The Bertz CT molecular complexity index is 1370. The predicted octanol–water partition coefficient (Wildman–Crippen LogP) is 4.65.